The highest BCUT2D eigenvalue weighted by molar-refractivity contribution is 5.84. The maximum Gasteiger partial charge on any atom is 0.212 e. The highest BCUT2D eigenvalue weighted by Gasteiger charge is 2.24. The number of amides is 1. The molecule has 30 heavy (non-hydrogen) atoms. The lowest BCUT2D eigenvalue weighted by Gasteiger charge is -2.26. The minimum absolute atomic E-state index is 0.414. The third-order valence-corrected chi connectivity index (χ3v) is 5.42. The van der Waals surface area contributed by atoms with E-state index in [-0.39, 0.29) is 0 Å². The van der Waals surface area contributed by atoms with Crippen molar-refractivity contribution in [2.45, 2.75) is 51.6 Å². The van der Waals surface area contributed by atoms with Gasteiger partial charge in [0.05, 0.1) is 6.10 Å². The normalized spacial score (nSPS) is 16.9. The average molecular weight is 408 g/mol. The van der Waals surface area contributed by atoms with Gasteiger partial charge in [-0.3, -0.25) is 9.78 Å². The van der Waals surface area contributed by atoms with Gasteiger partial charge >= 0.3 is 0 Å². The molecule has 2 aliphatic rings. The van der Waals surface area contributed by atoms with Crippen LogP contribution in [0.2, 0.25) is 0 Å². The first-order valence-electron chi connectivity index (χ1n) is 10.9. The third kappa shape index (κ3) is 6.09. The highest BCUT2D eigenvalue weighted by atomic mass is 16.5. The van der Waals surface area contributed by atoms with Crippen LogP contribution < -0.4 is 10.1 Å². The second-order valence-electron chi connectivity index (χ2n) is 8.07. The van der Waals surface area contributed by atoms with Gasteiger partial charge in [-0.2, -0.15) is 0 Å². The van der Waals surface area contributed by atoms with Crippen molar-refractivity contribution < 1.29 is 9.53 Å². The molecule has 2 fully saturated rings. The van der Waals surface area contributed by atoms with Gasteiger partial charge in [0, 0.05) is 25.7 Å². The molecular weight excluding hydrogens is 374 g/mol. The smallest absolute Gasteiger partial charge is 0.212 e. The number of hydrogen-bond donors (Lipinski definition) is 1. The van der Waals surface area contributed by atoms with Crippen LogP contribution >= 0.6 is 0 Å². The van der Waals surface area contributed by atoms with E-state index in [4.69, 9.17) is 4.74 Å². The summed E-state index contributed by atoms with van der Waals surface area (Å²) >= 11 is 0. The molecule has 1 amide bonds. The summed E-state index contributed by atoms with van der Waals surface area (Å²) in [4.78, 5) is 16.7. The molecule has 0 radical (unpaired) electrons. The zero-order chi connectivity index (χ0) is 21.3. The van der Waals surface area contributed by atoms with Crippen LogP contribution in [0.5, 0.6) is 5.75 Å². The van der Waals surface area contributed by atoms with Crippen molar-refractivity contribution in [2.75, 3.05) is 14.1 Å². The molecule has 0 spiro atoms. The van der Waals surface area contributed by atoms with Crippen LogP contribution in [0, 0.1) is 5.92 Å². The Hall–Kier alpha value is -2.82. The molecule has 1 aromatic carbocycles. The summed E-state index contributed by atoms with van der Waals surface area (Å²) < 4.78 is 5.90. The van der Waals surface area contributed by atoms with Crippen molar-refractivity contribution in [3.63, 3.8) is 0 Å². The van der Waals surface area contributed by atoms with Crippen LogP contribution in [0.25, 0.3) is 10.9 Å². The van der Waals surface area contributed by atoms with Gasteiger partial charge in [0.2, 0.25) is 6.41 Å². The molecule has 1 N–H and O–H groups in total. The molecule has 5 nitrogen and oxygen atoms in total. The molecule has 0 aliphatic heterocycles. The Morgan fingerprint density at radius 2 is 1.97 bits per heavy atom. The molecule has 5 heteroatoms. The molecule has 0 saturated heterocycles. The van der Waals surface area contributed by atoms with Crippen molar-refractivity contribution in [1.29, 1.82) is 0 Å². The molecular formula is C25H33N3O2. The number of benzene rings is 1. The Labute approximate surface area is 179 Å². The summed E-state index contributed by atoms with van der Waals surface area (Å²) in [5, 5.41) is 3.87. The lowest BCUT2D eigenvalue weighted by molar-refractivity contribution is -0.109. The molecule has 4 rings (SSSR count). The van der Waals surface area contributed by atoms with Crippen LogP contribution in [0.1, 0.15) is 45.4 Å². The van der Waals surface area contributed by atoms with Crippen LogP contribution in [0.15, 0.2) is 60.1 Å². The number of hydrogen-bond acceptors (Lipinski definition) is 4. The summed E-state index contributed by atoms with van der Waals surface area (Å²) in [7, 11) is 3.86. The van der Waals surface area contributed by atoms with E-state index in [1.807, 2.05) is 43.4 Å². The van der Waals surface area contributed by atoms with E-state index in [0.717, 1.165) is 35.3 Å². The van der Waals surface area contributed by atoms with E-state index in [1.165, 1.54) is 37.7 Å². The fourth-order valence-corrected chi connectivity index (χ4v) is 3.35. The number of para-hydroxylation sites is 1. The Morgan fingerprint density at radius 1 is 1.20 bits per heavy atom. The second-order valence-corrected chi connectivity index (χ2v) is 8.07. The van der Waals surface area contributed by atoms with E-state index < -0.39 is 0 Å². The summed E-state index contributed by atoms with van der Waals surface area (Å²) in [6.07, 6.45) is 14.5. The van der Waals surface area contributed by atoms with E-state index >= 15 is 0 Å². The van der Waals surface area contributed by atoms with Gasteiger partial charge in [-0.1, -0.05) is 31.2 Å². The molecule has 2 saturated carbocycles. The Balaban J connectivity index is 0.000000171. The quantitative estimate of drug-likeness (QED) is 0.492. The fraction of sp³-hybridized carbons (Fsp3) is 0.440. The second kappa shape index (κ2) is 10.8. The molecule has 2 aliphatic carbocycles. The maximum atomic E-state index is 10.4. The van der Waals surface area contributed by atoms with Gasteiger partial charge < -0.3 is 15.0 Å². The van der Waals surface area contributed by atoms with Crippen molar-refractivity contribution in [1.82, 2.24) is 15.2 Å². The maximum absolute atomic E-state index is 10.4. The summed E-state index contributed by atoms with van der Waals surface area (Å²) in [6, 6.07) is 10.1. The third-order valence-electron chi connectivity index (χ3n) is 5.42. The largest absolute Gasteiger partial charge is 0.488 e. The van der Waals surface area contributed by atoms with Gasteiger partial charge in [-0.15, -0.1) is 0 Å². The predicted octanol–water partition coefficient (Wildman–Crippen LogP) is 5.05. The predicted molar refractivity (Wildman–Crippen MR) is 122 cm³/mol. The zero-order valence-corrected chi connectivity index (χ0v) is 18.3. The molecule has 0 unspecified atom stereocenters. The standard InChI is InChI=1S/C13H13NO.C12H20N2O/c1-4-10-5-3-9-14-13(10)12(8-1)15-11-6-2-7-11;1-4-5-11(10-6-7-10)8-12(13-9-15)14(2)3/h1,3-5,8-9,11H,2,6-7H2;5,8-10H,4,6-7H2,1-3H3,(H,13,15)/b;11-5-,12-8-. The zero-order valence-electron chi connectivity index (χ0n) is 18.3. The van der Waals surface area contributed by atoms with Crippen molar-refractivity contribution in [3.05, 3.63) is 60.1 Å². The molecule has 0 bridgehead atoms. The summed E-state index contributed by atoms with van der Waals surface area (Å²) in [6.45, 7) is 2.14. The van der Waals surface area contributed by atoms with Gasteiger partial charge in [0.1, 0.15) is 17.1 Å². The minimum Gasteiger partial charge on any atom is -0.488 e. The minimum atomic E-state index is 0.414. The fourth-order valence-electron chi connectivity index (χ4n) is 3.35. The lowest BCUT2D eigenvalue weighted by Crippen LogP contribution is -2.24. The number of nitrogens with one attached hydrogen (secondary N) is 1. The number of aromatic nitrogens is 1. The lowest BCUT2D eigenvalue weighted by atomic mass is 9.96. The summed E-state index contributed by atoms with van der Waals surface area (Å²) in [5.74, 6) is 2.50. The number of carbonyl (C=O) groups is 1. The Morgan fingerprint density at radius 3 is 2.57 bits per heavy atom. The molecule has 1 aromatic heterocycles. The number of allylic oxidation sites excluding steroid dienone is 3. The van der Waals surface area contributed by atoms with Gasteiger partial charge in [-0.25, -0.2) is 0 Å². The van der Waals surface area contributed by atoms with Crippen molar-refractivity contribution in [3.8, 4) is 5.75 Å². The molecule has 1 heterocycles. The van der Waals surface area contributed by atoms with Gasteiger partial charge in [0.15, 0.2) is 0 Å². The van der Waals surface area contributed by atoms with Gasteiger partial charge in [-0.05, 0) is 68.2 Å². The first-order valence-corrected chi connectivity index (χ1v) is 10.9. The highest BCUT2D eigenvalue weighted by Crippen LogP contribution is 2.37. The first-order chi connectivity index (χ1) is 14.6. The average Bonchev–Trinajstić information content (AvgIpc) is 3.55. The number of nitrogens with zero attached hydrogens (tertiary/aromatic N) is 2. The van der Waals surface area contributed by atoms with E-state index in [0.29, 0.717) is 12.0 Å². The van der Waals surface area contributed by atoms with Crippen LogP contribution in [-0.2, 0) is 4.79 Å². The molecule has 160 valence electrons. The number of pyridine rings is 1. The number of rotatable bonds is 8. The van der Waals surface area contributed by atoms with Crippen LogP contribution in [0.4, 0.5) is 0 Å². The molecule has 0 atom stereocenters. The van der Waals surface area contributed by atoms with E-state index in [2.05, 4.69) is 41.5 Å². The first kappa shape index (κ1) is 21.9. The Bertz CT molecular complexity index is 891. The Kier molecular flexibility index (Phi) is 7.89. The topological polar surface area (TPSA) is 54.5 Å². The van der Waals surface area contributed by atoms with Crippen molar-refractivity contribution in [2.24, 2.45) is 5.92 Å². The number of carbonyl (C=O) groups excluding carboxylic acids is 1. The monoisotopic (exact) mass is 407 g/mol. The van der Waals surface area contributed by atoms with E-state index in [9.17, 15) is 4.79 Å². The van der Waals surface area contributed by atoms with Crippen LogP contribution in [-0.4, -0.2) is 36.5 Å². The number of fused-ring (bicyclic) bond motifs is 1. The van der Waals surface area contributed by atoms with Crippen molar-refractivity contribution >= 4 is 17.3 Å². The SMILES string of the molecule is CC/C=C(/C=C(/NC=O)N(C)C)C1CC1.c1cnc2c(OC3CCC3)cccc2c1. The number of ether oxygens (including phenoxy) is 1. The van der Waals surface area contributed by atoms with Crippen LogP contribution in [0.3, 0.4) is 0 Å². The van der Waals surface area contributed by atoms with E-state index in [1.54, 1.807) is 0 Å². The molecule has 2 aromatic rings. The van der Waals surface area contributed by atoms with Gasteiger partial charge in [0.25, 0.3) is 0 Å². The summed E-state index contributed by atoms with van der Waals surface area (Å²) in [5.41, 5.74) is 2.34.